The van der Waals surface area contributed by atoms with Crippen molar-refractivity contribution in [2.75, 3.05) is 24.6 Å². The number of hydrogen-bond donors (Lipinski definition) is 0. The highest BCUT2D eigenvalue weighted by atomic mass is 16.7. The molecule has 0 bridgehead atoms. The summed E-state index contributed by atoms with van der Waals surface area (Å²) < 4.78 is 5.42. The molecule has 10 nitrogen and oxygen atoms in total. The van der Waals surface area contributed by atoms with E-state index >= 15 is 0 Å². The molecule has 2 atom stereocenters. The highest BCUT2D eigenvalue weighted by Crippen LogP contribution is 2.40. The molecule has 2 aliphatic heterocycles. The Morgan fingerprint density at radius 2 is 1.76 bits per heavy atom. The summed E-state index contributed by atoms with van der Waals surface area (Å²) in [6.45, 7) is 1.69. The number of fused-ring (bicyclic) bond motifs is 1. The molecular weight excluding hydrogens is 426 g/mol. The first-order chi connectivity index (χ1) is 16.1. The van der Waals surface area contributed by atoms with Gasteiger partial charge in [0.25, 0.3) is 0 Å². The van der Waals surface area contributed by atoms with E-state index in [1.807, 2.05) is 0 Å². The maximum absolute atomic E-state index is 12.7. The molecule has 10 heteroatoms. The minimum Gasteiger partial charge on any atom is -0.396 e. The van der Waals surface area contributed by atoms with E-state index < -0.39 is 6.09 Å². The minimum absolute atomic E-state index is 0.143. The Labute approximate surface area is 191 Å². The monoisotopic (exact) mass is 453 g/mol. The van der Waals surface area contributed by atoms with Crippen LogP contribution in [0.2, 0.25) is 0 Å². The molecule has 3 amide bonds. The fraction of sp³-hybridized carbons (Fsp3) is 0.522. The maximum atomic E-state index is 12.7. The Morgan fingerprint density at radius 1 is 1.03 bits per heavy atom. The molecule has 0 aromatic carbocycles. The Morgan fingerprint density at radius 3 is 2.36 bits per heavy atom. The van der Waals surface area contributed by atoms with Crippen molar-refractivity contribution in [1.29, 1.82) is 0 Å². The molecule has 2 aromatic rings. The van der Waals surface area contributed by atoms with Crippen molar-refractivity contribution in [1.82, 2.24) is 19.8 Å². The normalized spacial score (nSPS) is 23.5. The Hall–Kier alpha value is -3.43. The molecule has 1 saturated carbocycles. The second kappa shape index (κ2) is 9.21. The number of carbonyl (C=O) groups is 3. The van der Waals surface area contributed by atoms with E-state index in [0.29, 0.717) is 31.3 Å². The topological polar surface area (TPSA) is 107 Å². The second-order valence-corrected chi connectivity index (χ2v) is 8.87. The number of likely N-dealkylation sites (tertiary alicyclic amines) is 1. The van der Waals surface area contributed by atoms with Gasteiger partial charge in [-0.05, 0) is 43.7 Å². The Balaban J connectivity index is 1.13. The first-order valence-corrected chi connectivity index (χ1v) is 11.5. The summed E-state index contributed by atoms with van der Waals surface area (Å²) in [6, 6.07) is 4.94. The van der Waals surface area contributed by atoms with Crippen molar-refractivity contribution < 1.29 is 24.0 Å². The van der Waals surface area contributed by atoms with Crippen molar-refractivity contribution >= 4 is 23.6 Å². The van der Waals surface area contributed by atoms with E-state index in [9.17, 15) is 14.4 Å². The number of piperidine rings is 1. The van der Waals surface area contributed by atoms with Crippen LogP contribution in [0.5, 0.6) is 5.88 Å². The van der Waals surface area contributed by atoms with Crippen molar-refractivity contribution in [2.24, 2.45) is 17.8 Å². The van der Waals surface area contributed by atoms with E-state index in [-0.39, 0.29) is 29.5 Å². The van der Waals surface area contributed by atoms with E-state index in [0.717, 1.165) is 38.5 Å². The third kappa shape index (κ3) is 4.42. The quantitative estimate of drug-likeness (QED) is 0.640. The molecule has 0 N–H and O–H groups in total. The standard InChI is InChI=1S/C23H27N5O5/c29-21-18-4-1-2-5-19(18)22(30)28(21)17-6-7-20(24-14-17)33-23(31)26-12-8-16(9-13-26)15-32-27-11-3-10-25-27/h3,6-7,10-11,14,16,18-19H,1-2,4-5,8-9,12-13,15H2. The summed E-state index contributed by atoms with van der Waals surface area (Å²) in [5.41, 5.74) is 0.428. The van der Waals surface area contributed by atoms with Gasteiger partial charge in [0.15, 0.2) is 0 Å². The summed E-state index contributed by atoms with van der Waals surface area (Å²) >= 11 is 0. The zero-order valence-corrected chi connectivity index (χ0v) is 18.3. The lowest BCUT2D eigenvalue weighted by Gasteiger charge is -2.30. The lowest BCUT2D eigenvalue weighted by Crippen LogP contribution is -2.41. The van der Waals surface area contributed by atoms with Gasteiger partial charge in [-0.25, -0.2) is 14.7 Å². The molecule has 3 fully saturated rings. The van der Waals surface area contributed by atoms with E-state index in [1.165, 1.54) is 22.0 Å². The second-order valence-electron chi connectivity index (χ2n) is 8.87. The number of imide groups is 1. The van der Waals surface area contributed by atoms with Gasteiger partial charge in [0, 0.05) is 19.2 Å². The molecule has 0 radical (unpaired) electrons. The number of ether oxygens (including phenoxy) is 1. The molecule has 1 aliphatic carbocycles. The molecule has 33 heavy (non-hydrogen) atoms. The predicted octanol–water partition coefficient (Wildman–Crippen LogP) is 2.30. The van der Waals surface area contributed by atoms with Gasteiger partial charge < -0.3 is 14.5 Å². The molecule has 0 spiro atoms. The zero-order chi connectivity index (χ0) is 22.8. The average Bonchev–Trinajstić information content (AvgIpc) is 3.46. The van der Waals surface area contributed by atoms with E-state index in [4.69, 9.17) is 9.57 Å². The van der Waals surface area contributed by atoms with Gasteiger partial charge in [0.1, 0.15) is 6.61 Å². The highest BCUT2D eigenvalue weighted by molar-refractivity contribution is 6.22. The summed E-state index contributed by atoms with van der Waals surface area (Å²) in [5, 5.41) is 4.01. The Bertz CT molecular complexity index is 977. The fourth-order valence-electron chi connectivity index (χ4n) is 4.93. The van der Waals surface area contributed by atoms with Crippen LogP contribution in [0, 0.1) is 17.8 Å². The number of aromatic nitrogens is 3. The molecule has 2 unspecified atom stereocenters. The van der Waals surface area contributed by atoms with Crippen LogP contribution in [0.15, 0.2) is 36.8 Å². The van der Waals surface area contributed by atoms with E-state index in [2.05, 4.69) is 10.1 Å². The zero-order valence-electron chi connectivity index (χ0n) is 18.3. The van der Waals surface area contributed by atoms with Crippen molar-refractivity contribution in [3.8, 4) is 5.88 Å². The number of rotatable bonds is 5. The predicted molar refractivity (Wildman–Crippen MR) is 116 cm³/mol. The molecule has 174 valence electrons. The SMILES string of the molecule is O=C(Oc1ccc(N2C(=O)C3CCCCC3C2=O)cn1)N1CCC(COn2cccn2)CC1. The minimum atomic E-state index is -0.457. The third-order valence-corrected chi connectivity index (χ3v) is 6.81. The molecule has 2 aromatic heterocycles. The van der Waals surface area contributed by atoms with Crippen LogP contribution in [-0.2, 0) is 9.59 Å². The number of carbonyl (C=O) groups excluding carboxylic acids is 3. The molecule has 5 rings (SSSR count). The first kappa shape index (κ1) is 21.4. The molecule has 2 saturated heterocycles. The highest BCUT2D eigenvalue weighted by Gasteiger charge is 2.48. The summed E-state index contributed by atoms with van der Waals surface area (Å²) in [7, 11) is 0. The van der Waals surface area contributed by atoms with Crippen molar-refractivity contribution in [3.05, 3.63) is 36.8 Å². The number of amides is 3. The number of nitrogens with zero attached hydrogens (tertiary/aromatic N) is 5. The Kier molecular flexibility index (Phi) is 5.97. The van der Waals surface area contributed by atoms with Crippen molar-refractivity contribution in [2.45, 2.75) is 38.5 Å². The third-order valence-electron chi connectivity index (χ3n) is 6.81. The summed E-state index contributed by atoms with van der Waals surface area (Å²) in [5.74, 6) is -0.223. The van der Waals surface area contributed by atoms with Crippen LogP contribution < -0.4 is 14.5 Å². The summed E-state index contributed by atoms with van der Waals surface area (Å²) in [4.78, 5) is 52.1. The van der Waals surface area contributed by atoms with Crippen LogP contribution in [-0.4, -0.2) is 57.4 Å². The number of hydrogen-bond acceptors (Lipinski definition) is 7. The largest absolute Gasteiger partial charge is 0.416 e. The van der Waals surface area contributed by atoms with Gasteiger partial charge in [-0.3, -0.25) is 9.59 Å². The lowest BCUT2D eigenvalue weighted by atomic mass is 9.81. The smallest absolute Gasteiger partial charge is 0.396 e. The van der Waals surface area contributed by atoms with Crippen LogP contribution in [0.4, 0.5) is 10.5 Å². The first-order valence-electron chi connectivity index (χ1n) is 11.5. The average molecular weight is 453 g/mol. The van der Waals surface area contributed by atoms with Gasteiger partial charge in [-0.2, -0.15) is 0 Å². The molecule has 3 aliphatic rings. The van der Waals surface area contributed by atoms with Gasteiger partial charge in [0.05, 0.1) is 36.1 Å². The van der Waals surface area contributed by atoms with Gasteiger partial charge >= 0.3 is 6.09 Å². The van der Waals surface area contributed by atoms with Crippen LogP contribution >= 0.6 is 0 Å². The van der Waals surface area contributed by atoms with E-state index in [1.54, 1.807) is 29.4 Å². The molecular formula is C23H27N5O5. The van der Waals surface area contributed by atoms with Crippen LogP contribution in [0.3, 0.4) is 0 Å². The van der Waals surface area contributed by atoms with Gasteiger partial charge in [-0.1, -0.05) is 12.8 Å². The van der Waals surface area contributed by atoms with Gasteiger partial charge in [0.2, 0.25) is 17.7 Å². The van der Waals surface area contributed by atoms with Crippen molar-refractivity contribution in [3.63, 3.8) is 0 Å². The van der Waals surface area contributed by atoms with Gasteiger partial charge in [-0.15, -0.1) is 9.94 Å². The van der Waals surface area contributed by atoms with Crippen LogP contribution in [0.25, 0.3) is 0 Å². The number of anilines is 1. The lowest BCUT2D eigenvalue weighted by molar-refractivity contribution is -0.122. The van der Waals surface area contributed by atoms with Crippen LogP contribution in [0.1, 0.15) is 38.5 Å². The number of pyridine rings is 1. The summed E-state index contributed by atoms with van der Waals surface area (Å²) in [6.07, 6.45) is 9.48. The maximum Gasteiger partial charge on any atom is 0.416 e. The molecule has 4 heterocycles. The fourth-order valence-corrected chi connectivity index (χ4v) is 4.93.